The van der Waals surface area contributed by atoms with Gasteiger partial charge in [-0.25, -0.2) is 0 Å². The van der Waals surface area contributed by atoms with Crippen molar-refractivity contribution in [2.75, 3.05) is 11.9 Å². The van der Waals surface area contributed by atoms with Crippen LogP contribution in [0.25, 0.3) is 11.5 Å². The zero-order chi connectivity index (χ0) is 14.5. The maximum atomic E-state index is 5.28. The maximum absolute atomic E-state index is 5.28. The SMILES string of the molecule is Cc1ccc(NCCc2noc(-c3ccccc3)n2)cc1. The van der Waals surface area contributed by atoms with Gasteiger partial charge in [-0.15, -0.1) is 0 Å². The molecule has 1 aromatic heterocycles. The van der Waals surface area contributed by atoms with Crippen LogP contribution in [0.5, 0.6) is 0 Å². The largest absolute Gasteiger partial charge is 0.385 e. The highest BCUT2D eigenvalue weighted by molar-refractivity contribution is 5.52. The molecule has 1 heterocycles. The highest BCUT2D eigenvalue weighted by atomic mass is 16.5. The molecular formula is C17H17N3O. The second-order valence-electron chi connectivity index (χ2n) is 4.92. The van der Waals surface area contributed by atoms with Crippen molar-refractivity contribution < 1.29 is 4.52 Å². The lowest BCUT2D eigenvalue weighted by atomic mass is 10.2. The van der Waals surface area contributed by atoms with Gasteiger partial charge in [0.15, 0.2) is 5.82 Å². The minimum atomic E-state index is 0.570. The molecule has 106 valence electrons. The molecule has 0 atom stereocenters. The third-order valence-corrected chi connectivity index (χ3v) is 3.22. The second kappa shape index (κ2) is 6.22. The van der Waals surface area contributed by atoms with Crippen LogP contribution in [0.3, 0.4) is 0 Å². The molecule has 3 aromatic rings. The predicted molar refractivity (Wildman–Crippen MR) is 83.1 cm³/mol. The van der Waals surface area contributed by atoms with Crippen molar-refractivity contribution in [3.8, 4) is 11.5 Å². The number of nitrogens with one attached hydrogen (secondary N) is 1. The molecule has 0 unspecified atom stereocenters. The molecule has 0 saturated heterocycles. The van der Waals surface area contributed by atoms with E-state index in [1.165, 1.54) is 5.56 Å². The fraction of sp³-hybridized carbons (Fsp3) is 0.176. The van der Waals surface area contributed by atoms with Gasteiger partial charge in [0.25, 0.3) is 5.89 Å². The monoisotopic (exact) mass is 279 g/mol. The fourth-order valence-corrected chi connectivity index (χ4v) is 2.04. The van der Waals surface area contributed by atoms with E-state index in [2.05, 4.69) is 46.6 Å². The van der Waals surface area contributed by atoms with Gasteiger partial charge in [-0.05, 0) is 31.2 Å². The van der Waals surface area contributed by atoms with E-state index in [0.29, 0.717) is 11.7 Å². The Morgan fingerprint density at radius 2 is 1.76 bits per heavy atom. The van der Waals surface area contributed by atoms with E-state index in [4.69, 9.17) is 4.52 Å². The Balaban J connectivity index is 1.57. The summed E-state index contributed by atoms with van der Waals surface area (Å²) < 4.78 is 5.28. The van der Waals surface area contributed by atoms with E-state index in [-0.39, 0.29) is 0 Å². The van der Waals surface area contributed by atoms with E-state index in [0.717, 1.165) is 24.2 Å². The molecule has 2 aromatic carbocycles. The number of hydrogen-bond acceptors (Lipinski definition) is 4. The van der Waals surface area contributed by atoms with Gasteiger partial charge >= 0.3 is 0 Å². The Morgan fingerprint density at radius 3 is 2.52 bits per heavy atom. The Morgan fingerprint density at radius 1 is 1.00 bits per heavy atom. The fourth-order valence-electron chi connectivity index (χ4n) is 2.04. The van der Waals surface area contributed by atoms with E-state index in [1.54, 1.807) is 0 Å². The minimum absolute atomic E-state index is 0.570. The van der Waals surface area contributed by atoms with Gasteiger partial charge in [0.2, 0.25) is 0 Å². The molecule has 0 fully saturated rings. The van der Waals surface area contributed by atoms with Gasteiger partial charge in [-0.1, -0.05) is 41.1 Å². The lowest BCUT2D eigenvalue weighted by Crippen LogP contribution is -2.05. The van der Waals surface area contributed by atoms with Crippen molar-refractivity contribution >= 4 is 5.69 Å². The van der Waals surface area contributed by atoms with Crippen molar-refractivity contribution in [3.63, 3.8) is 0 Å². The summed E-state index contributed by atoms with van der Waals surface area (Å²) in [7, 11) is 0. The van der Waals surface area contributed by atoms with Crippen LogP contribution in [0.1, 0.15) is 11.4 Å². The first-order valence-corrected chi connectivity index (χ1v) is 7.00. The van der Waals surface area contributed by atoms with Gasteiger partial charge in [0.05, 0.1) is 0 Å². The molecule has 0 aliphatic rings. The lowest BCUT2D eigenvalue weighted by molar-refractivity contribution is 0.423. The van der Waals surface area contributed by atoms with Gasteiger partial charge in [-0.2, -0.15) is 4.98 Å². The summed E-state index contributed by atoms with van der Waals surface area (Å²) in [6.45, 7) is 2.85. The number of hydrogen-bond donors (Lipinski definition) is 1. The van der Waals surface area contributed by atoms with Crippen LogP contribution in [0.4, 0.5) is 5.69 Å². The number of anilines is 1. The van der Waals surface area contributed by atoms with Gasteiger partial charge in [-0.3, -0.25) is 0 Å². The third kappa shape index (κ3) is 3.48. The predicted octanol–water partition coefficient (Wildman–Crippen LogP) is 3.70. The number of nitrogens with zero attached hydrogens (tertiary/aromatic N) is 2. The number of aromatic nitrogens is 2. The lowest BCUT2D eigenvalue weighted by Gasteiger charge is -2.04. The van der Waals surface area contributed by atoms with E-state index in [1.807, 2.05) is 30.3 Å². The summed E-state index contributed by atoms with van der Waals surface area (Å²) >= 11 is 0. The third-order valence-electron chi connectivity index (χ3n) is 3.22. The molecule has 0 bridgehead atoms. The summed E-state index contributed by atoms with van der Waals surface area (Å²) in [6, 6.07) is 18.1. The van der Waals surface area contributed by atoms with Crippen molar-refractivity contribution in [1.82, 2.24) is 10.1 Å². The number of rotatable bonds is 5. The van der Waals surface area contributed by atoms with E-state index >= 15 is 0 Å². The van der Waals surface area contributed by atoms with Crippen molar-refractivity contribution in [3.05, 3.63) is 66.0 Å². The molecule has 0 aliphatic carbocycles. The summed E-state index contributed by atoms with van der Waals surface area (Å²) in [5, 5.41) is 7.36. The molecule has 0 amide bonds. The normalized spacial score (nSPS) is 10.5. The van der Waals surface area contributed by atoms with E-state index < -0.39 is 0 Å². The summed E-state index contributed by atoms with van der Waals surface area (Å²) in [6.07, 6.45) is 0.726. The van der Waals surface area contributed by atoms with Crippen LogP contribution >= 0.6 is 0 Å². The van der Waals surface area contributed by atoms with Gasteiger partial charge < -0.3 is 9.84 Å². The molecule has 0 radical (unpaired) electrons. The van der Waals surface area contributed by atoms with Crippen LogP contribution in [0.2, 0.25) is 0 Å². The molecule has 4 nitrogen and oxygen atoms in total. The summed E-state index contributed by atoms with van der Waals surface area (Å²) in [4.78, 5) is 4.41. The highest BCUT2D eigenvalue weighted by Gasteiger charge is 2.07. The topological polar surface area (TPSA) is 51.0 Å². The first-order chi connectivity index (χ1) is 10.3. The molecule has 0 aliphatic heterocycles. The number of benzene rings is 2. The first-order valence-electron chi connectivity index (χ1n) is 7.00. The first kappa shape index (κ1) is 13.4. The second-order valence-corrected chi connectivity index (χ2v) is 4.92. The Kier molecular flexibility index (Phi) is 3.96. The van der Waals surface area contributed by atoms with Crippen molar-refractivity contribution in [1.29, 1.82) is 0 Å². The standard InChI is InChI=1S/C17H17N3O/c1-13-7-9-15(10-8-13)18-12-11-16-19-17(21-20-16)14-5-3-2-4-6-14/h2-10,18H,11-12H2,1H3. The van der Waals surface area contributed by atoms with E-state index in [9.17, 15) is 0 Å². The maximum Gasteiger partial charge on any atom is 0.257 e. The quantitative estimate of drug-likeness (QED) is 0.773. The van der Waals surface area contributed by atoms with Gasteiger partial charge in [0, 0.05) is 24.2 Å². The van der Waals surface area contributed by atoms with Crippen LogP contribution in [-0.4, -0.2) is 16.7 Å². The zero-order valence-corrected chi connectivity index (χ0v) is 11.9. The zero-order valence-electron chi connectivity index (χ0n) is 11.9. The van der Waals surface area contributed by atoms with Crippen LogP contribution in [0, 0.1) is 6.92 Å². The number of aryl methyl sites for hydroxylation is 1. The molecule has 1 N–H and O–H groups in total. The molecule has 21 heavy (non-hydrogen) atoms. The Bertz CT molecular complexity index is 690. The highest BCUT2D eigenvalue weighted by Crippen LogP contribution is 2.16. The van der Waals surface area contributed by atoms with Crippen LogP contribution < -0.4 is 5.32 Å². The molecule has 4 heteroatoms. The molecule has 0 saturated carbocycles. The molecule has 0 spiro atoms. The van der Waals surface area contributed by atoms with Crippen molar-refractivity contribution in [2.45, 2.75) is 13.3 Å². The minimum Gasteiger partial charge on any atom is -0.385 e. The molecule has 3 rings (SSSR count). The van der Waals surface area contributed by atoms with Crippen molar-refractivity contribution in [2.24, 2.45) is 0 Å². The van der Waals surface area contributed by atoms with Crippen LogP contribution in [-0.2, 0) is 6.42 Å². The summed E-state index contributed by atoms with van der Waals surface area (Å²) in [5.41, 5.74) is 3.31. The summed E-state index contributed by atoms with van der Waals surface area (Å²) in [5.74, 6) is 1.29. The Labute approximate surface area is 123 Å². The van der Waals surface area contributed by atoms with Crippen LogP contribution in [0.15, 0.2) is 59.1 Å². The Hall–Kier alpha value is -2.62. The average Bonchev–Trinajstić information content (AvgIpc) is 2.99. The smallest absolute Gasteiger partial charge is 0.257 e. The average molecular weight is 279 g/mol. The molecular weight excluding hydrogens is 262 g/mol. The van der Waals surface area contributed by atoms with Gasteiger partial charge in [0.1, 0.15) is 0 Å².